The molecule has 1 saturated heterocycles. The lowest BCUT2D eigenvalue weighted by atomic mass is 10.1. The van der Waals surface area contributed by atoms with E-state index in [2.05, 4.69) is 63.6 Å². The Morgan fingerprint density at radius 1 is 1.47 bits per heavy atom. The smallest absolute Gasteiger partial charge is 0.0320 e. The first-order valence-electron chi connectivity index (χ1n) is 7.03. The van der Waals surface area contributed by atoms with Crippen LogP contribution < -0.4 is 10.6 Å². The molecule has 0 aromatic heterocycles. The highest BCUT2D eigenvalue weighted by molar-refractivity contribution is 9.10. The number of aryl methyl sites for hydroxylation is 1. The van der Waals surface area contributed by atoms with Gasteiger partial charge in [0.05, 0.1) is 0 Å². The van der Waals surface area contributed by atoms with Crippen LogP contribution in [0.15, 0.2) is 22.7 Å². The normalized spacial score (nSPS) is 20.7. The summed E-state index contributed by atoms with van der Waals surface area (Å²) in [5.41, 5.74) is 2.80. The van der Waals surface area contributed by atoms with E-state index in [0.717, 1.165) is 39.1 Å². The maximum absolute atomic E-state index is 3.57. The van der Waals surface area contributed by atoms with Gasteiger partial charge < -0.3 is 15.5 Å². The molecule has 2 rings (SSSR count). The lowest BCUT2D eigenvalue weighted by molar-refractivity contribution is 0.235. The minimum absolute atomic E-state index is 0.586. The van der Waals surface area contributed by atoms with Gasteiger partial charge in [0, 0.05) is 36.7 Å². The first-order valence-corrected chi connectivity index (χ1v) is 7.82. The maximum Gasteiger partial charge on any atom is 0.0320 e. The molecule has 106 valence electrons. The van der Waals surface area contributed by atoms with Gasteiger partial charge in [-0.1, -0.05) is 22.0 Å². The van der Waals surface area contributed by atoms with Crippen LogP contribution >= 0.6 is 15.9 Å². The average Bonchev–Trinajstić information content (AvgIpc) is 2.39. The van der Waals surface area contributed by atoms with Crippen molar-refractivity contribution in [3.8, 4) is 0 Å². The molecule has 0 bridgehead atoms. The number of likely N-dealkylation sites (N-methyl/N-ethyl adjacent to an activating group) is 1. The lowest BCUT2D eigenvalue weighted by Crippen LogP contribution is -2.53. The van der Waals surface area contributed by atoms with Crippen LogP contribution in [-0.4, -0.2) is 50.7 Å². The van der Waals surface area contributed by atoms with Gasteiger partial charge in [-0.05, 0) is 50.2 Å². The van der Waals surface area contributed by atoms with Crippen LogP contribution in [0.5, 0.6) is 0 Å². The van der Waals surface area contributed by atoms with Crippen molar-refractivity contribution in [2.45, 2.75) is 19.4 Å². The SMILES string of the molecule is Cc1ccc(Br)cc1CCNCC1CN(C)CCN1. The molecule has 0 radical (unpaired) electrons. The molecule has 1 aliphatic rings. The number of piperazine rings is 1. The molecule has 0 aliphatic carbocycles. The standard InChI is InChI=1S/C15H24BrN3/c1-12-3-4-14(16)9-13(12)5-6-17-10-15-11-19(2)8-7-18-15/h3-4,9,15,17-18H,5-8,10-11H2,1-2H3. The topological polar surface area (TPSA) is 27.3 Å². The predicted octanol–water partition coefficient (Wildman–Crippen LogP) is 1.79. The summed E-state index contributed by atoms with van der Waals surface area (Å²) in [5, 5.41) is 7.12. The fourth-order valence-electron chi connectivity index (χ4n) is 2.54. The van der Waals surface area contributed by atoms with E-state index in [0.29, 0.717) is 6.04 Å². The lowest BCUT2D eigenvalue weighted by Gasteiger charge is -2.31. The molecule has 1 aliphatic heterocycles. The van der Waals surface area contributed by atoms with Crippen LogP contribution in [0.4, 0.5) is 0 Å². The summed E-state index contributed by atoms with van der Waals surface area (Å²) in [4.78, 5) is 2.39. The molecule has 4 heteroatoms. The van der Waals surface area contributed by atoms with E-state index in [9.17, 15) is 0 Å². The largest absolute Gasteiger partial charge is 0.315 e. The highest BCUT2D eigenvalue weighted by atomic mass is 79.9. The second-order valence-electron chi connectivity index (χ2n) is 5.44. The number of rotatable bonds is 5. The minimum Gasteiger partial charge on any atom is -0.315 e. The summed E-state index contributed by atoms with van der Waals surface area (Å²) in [6.07, 6.45) is 1.09. The van der Waals surface area contributed by atoms with Gasteiger partial charge in [0.1, 0.15) is 0 Å². The molecule has 0 saturated carbocycles. The van der Waals surface area contributed by atoms with Crippen molar-refractivity contribution in [1.29, 1.82) is 0 Å². The Morgan fingerprint density at radius 2 is 2.32 bits per heavy atom. The van der Waals surface area contributed by atoms with E-state index in [4.69, 9.17) is 0 Å². The second-order valence-corrected chi connectivity index (χ2v) is 6.35. The van der Waals surface area contributed by atoms with E-state index >= 15 is 0 Å². The zero-order valence-electron chi connectivity index (χ0n) is 11.9. The molecular weight excluding hydrogens is 302 g/mol. The zero-order chi connectivity index (χ0) is 13.7. The number of hydrogen-bond donors (Lipinski definition) is 2. The molecule has 2 N–H and O–H groups in total. The second kappa shape index (κ2) is 7.39. The Kier molecular flexibility index (Phi) is 5.82. The average molecular weight is 326 g/mol. The highest BCUT2D eigenvalue weighted by Crippen LogP contribution is 2.16. The van der Waals surface area contributed by atoms with E-state index in [1.165, 1.54) is 15.6 Å². The molecular formula is C15H24BrN3. The van der Waals surface area contributed by atoms with E-state index in [1.807, 2.05) is 0 Å². The molecule has 1 fully saturated rings. The van der Waals surface area contributed by atoms with Crippen molar-refractivity contribution in [3.63, 3.8) is 0 Å². The molecule has 19 heavy (non-hydrogen) atoms. The van der Waals surface area contributed by atoms with Crippen molar-refractivity contribution in [3.05, 3.63) is 33.8 Å². The Morgan fingerprint density at radius 3 is 3.11 bits per heavy atom. The third kappa shape index (κ3) is 4.88. The van der Waals surface area contributed by atoms with Crippen LogP contribution in [0.25, 0.3) is 0 Å². The molecule has 3 nitrogen and oxygen atoms in total. The van der Waals surface area contributed by atoms with Gasteiger partial charge in [0.2, 0.25) is 0 Å². The van der Waals surface area contributed by atoms with E-state index < -0.39 is 0 Å². The summed E-state index contributed by atoms with van der Waals surface area (Å²) < 4.78 is 1.17. The Labute approximate surface area is 124 Å². The van der Waals surface area contributed by atoms with Crippen LogP contribution in [0.1, 0.15) is 11.1 Å². The van der Waals surface area contributed by atoms with Gasteiger partial charge in [-0.2, -0.15) is 0 Å². The van der Waals surface area contributed by atoms with Crippen LogP contribution in [0, 0.1) is 6.92 Å². The van der Waals surface area contributed by atoms with Crippen molar-refractivity contribution < 1.29 is 0 Å². The monoisotopic (exact) mass is 325 g/mol. The molecule has 1 aromatic carbocycles. The quantitative estimate of drug-likeness (QED) is 0.808. The summed E-state index contributed by atoms with van der Waals surface area (Å²) in [6, 6.07) is 7.09. The fraction of sp³-hybridized carbons (Fsp3) is 0.600. The van der Waals surface area contributed by atoms with Crippen molar-refractivity contribution in [2.24, 2.45) is 0 Å². The first-order chi connectivity index (χ1) is 9.15. The van der Waals surface area contributed by atoms with Crippen molar-refractivity contribution in [2.75, 3.05) is 39.8 Å². The zero-order valence-corrected chi connectivity index (χ0v) is 13.5. The van der Waals surface area contributed by atoms with Crippen LogP contribution in [0.3, 0.4) is 0 Å². The number of hydrogen-bond acceptors (Lipinski definition) is 3. The highest BCUT2D eigenvalue weighted by Gasteiger charge is 2.15. The molecule has 0 amide bonds. The van der Waals surface area contributed by atoms with Crippen molar-refractivity contribution in [1.82, 2.24) is 15.5 Å². The summed E-state index contributed by atoms with van der Waals surface area (Å²) >= 11 is 3.54. The van der Waals surface area contributed by atoms with E-state index in [1.54, 1.807) is 0 Å². The Bertz CT molecular complexity index is 408. The summed E-state index contributed by atoms with van der Waals surface area (Å²) in [6.45, 7) is 7.68. The Hall–Kier alpha value is -0.420. The fourth-order valence-corrected chi connectivity index (χ4v) is 2.95. The number of benzene rings is 1. The van der Waals surface area contributed by atoms with Gasteiger partial charge in [0.25, 0.3) is 0 Å². The van der Waals surface area contributed by atoms with Crippen LogP contribution in [-0.2, 0) is 6.42 Å². The van der Waals surface area contributed by atoms with Gasteiger partial charge in [0.15, 0.2) is 0 Å². The van der Waals surface area contributed by atoms with Gasteiger partial charge in [-0.3, -0.25) is 0 Å². The Balaban J connectivity index is 1.70. The first kappa shape index (κ1) is 15.0. The van der Waals surface area contributed by atoms with Gasteiger partial charge >= 0.3 is 0 Å². The minimum atomic E-state index is 0.586. The number of nitrogens with one attached hydrogen (secondary N) is 2. The molecule has 1 heterocycles. The third-order valence-electron chi connectivity index (χ3n) is 3.73. The number of nitrogens with zero attached hydrogens (tertiary/aromatic N) is 1. The number of halogens is 1. The van der Waals surface area contributed by atoms with Gasteiger partial charge in [-0.15, -0.1) is 0 Å². The van der Waals surface area contributed by atoms with Gasteiger partial charge in [-0.25, -0.2) is 0 Å². The molecule has 1 atom stereocenters. The predicted molar refractivity (Wildman–Crippen MR) is 84.7 cm³/mol. The van der Waals surface area contributed by atoms with Crippen molar-refractivity contribution >= 4 is 15.9 Å². The summed E-state index contributed by atoms with van der Waals surface area (Å²) in [5.74, 6) is 0. The molecule has 1 aromatic rings. The maximum atomic E-state index is 3.57. The third-order valence-corrected chi connectivity index (χ3v) is 4.22. The van der Waals surface area contributed by atoms with E-state index in [-0.39, 0.29) is 0 Å². The van der Waals surface area contributed by atoms with Crippen LogP contribution in [0.2, 0.25) is 0 Å². The summed E-state index contributed by atoms with van der Waals surface area (Å²) in [7, 11) is 2.19. The molecule has 1 unspecified atom stereocenters. The molecule has 0 spiro atoms.